The number of aliphatic hydroxyl groups excluding tert-OH is 1. The Balaban J connectivity index is 2.38. The van der Waals surface area contributed by atoms with Crippen molar-refractivity contribution in [2.24, 2.45) is 0 Å². The van der Waals surface area contributed by atoms with E-state index in [2.05, 4.69) is 5.32 Å². The van der Waals surface area contributed by atoms with Gasteiger partial charge in [-0.3, -0.25) is 0 Å². The van der Waals surface area contributed by atoms with Gasteiger partial charge in [0, 0.05) is 6.04 Å². The van der Waals surface area contributed by atoms with Gasteiger partial charge in [-0.1, -0.05) is 19.1 Å². The van der Waals surface area contributed by atoms with E-state index in [4.69, 9.17) is 0 Å². The highest BCUT2D eigenvalue weighted by Crippen LogP contribution is 2.13. The summed E-state index contributed by atoms with van der Waals surface area (Å²) in [6, 6.07) is 6.70. The van der Waals surface area contributed by atoms with Gasteiger partial charge in [-0.15, -0.1) is 0 Å². The van der Waals surface area contributed by atoms with Crippen LogP contribution in [0, 0.1) is 5.82 Å². The largest absolute Gasteiger partial charge is 0.393 e. The second-order valence-electron chi connectivity index (χ2n) is 4.08. The van der Waals surface area contributed by atoms with Gasteiger partial charge in [0.1, 0.15) is 5.82 Å². The van der Waals surface area contributed by atoms with Crippen LogP contribution in [0.5, 0.6) is 0 Å². The summed E-state index contributed by atoms with van der Waals surface area (Å²) in [4.78, 5) is 0. The van der Waals surface area contributed by atoms with Crippen LogP contribution in [0.3, 0.4) is 0 Å². The molecule has 1 rings (SSSR count). The monoisotopic (exact) mass is 225 g/mol. The highest BCUT2D eigenvalue weighted by Gasteiger charge is 2.06. The van der Waals surface area contributed by atoms with Crippen molar-refractivity contribution in [2.45, 2.75) is 38.8 Å². The smallest absolute Gasteiger partial charge is 0.123 e. The molecule has 1 aromatic carbocycles. The molecule has 90 valence electrons. The first kappa shape index (κ1) is 13.1. The number of halogens is 1. The van der Waals surface area contributed by atoms with Crippen LogP contribution in [-0.4, -0.2) is 17.8 Å². The van der Waals surface area contributed by atoms with E-state index in [9.17, 15) is 9.50 Å². The summed E-state index contributed by atoms with van der Waals surface area (Å²) in [6.45, 7) is 4.69. The van der Waals surface area contributed by atoms with Crippen LogP contribution >= 0.6 is 0 Å². The maximum atomic E-state index is 13.0. The van der Waals surface area contributed by atoms with E-state index in [1.165, 1.54) is 12.1 Å². The van der Waals surface area contributed by atoms with Crippen LogP contribution in [-0.2, 0) is 0 Å². The van der Waals surface area contributed by atoms with Crippen molar-refractivity contribution in [1.82, 2.24) is 5.32 Å². The number of hydrogen-bond donors (Lipinski definition) is 2. The van der Waals surface area contributed by atoms with E-state index >= 15 is 0 Å². The molecule has 0 aliphatic heterocycles. The molecule has 0 heterocycles. The Hall–Kier alpha value is -0.930. The molecular formula is C13H20FNO. The Labute approximate surface area is 96.5 Å². The number of rotatable bonds is 6. The van der Waals surface area contributed by atoms with E-state index in [1.807, 2.05) is 19.9 Å². The van der Waals surface area contributed by atoms with E-state index in [0.717, 1.165) is 24.9 Å². The van der Waals surface area contributed by atoms with Gasteiger partial charge in [0.05, 0.1) is 6.10 Å². The maximum Gasteiger partial charge on any atom is 0.123 e. The summed E-state index contributed by atoms with van der Waals surface area (Å²) in [7, 11) is 0. The number of aliphatic hydroxyl groups is 1. The zero-order valence-electron chi connectivity index (χ0n) is 9.91. The van der Waals surface area contributed by atoms with Crippen molar-refractivity contribution < 1.29 is 9.50 Å². The molecule has 0 saturated carbocycles. The first-order chi connectivity index (χ1) is 7.63. The first-order valence-electron chi connectivity index (χ1n) is 5.80. The highest BCUT2D eigenvalue weighted by atomic mass is 19.1. The van der Waals surface area contributed by atoms with Gasteiger partial charge < -0.3 is 10.4 Å². The zero-order chi connectivity index (χ0) is 12.0. The molecule has 0 bridgehead atoms. The molecule has 0 aromatic heterocycles. The molecule has 0 spiro atoms. The standard InChI is InChI=1S/C13H20FNO/c1-3-13(16)7-8-15-10(2)11-5-4-6-12(14)9-11/h4-6,9-10,13,15-16H,3,7-8H2,1-2H3. The summed E-state index contributed by atoms with van der Waals surface area (Å²) >= 11 is 0. The normalized spacial score (nSPS) is 14.8. The van der Waals surface area contributed by atoms with Crippen LogP contribution in [0.4, 0.5) is 4.39 Å². The van der Waals surface area contributed by atoms with E-state index in [1.54, 1.807) is 6.07 Å². The molecule has 1 aromatic rings. The Bertz CT molecular complexity index is 317. The Morgan fingerprint density at radius 1 is 1.44 bits per heavy atom. The van der Waals surface area contributed by atoms with E-state index in [-0.39, 0.29) is 18.0 Å². The summed E-state index contributed by atoms with van der Waals surface area (Å²) in [6.07, 6.45) is 1.26. The summed E-state index contributed by atoms with van der Waals surface area (Å²) < 4.78 is 13.0. The Morgan fingerprint density at radius 2 is 2.19 bits per heavy atom. The van der Waals surface area contributed by atoms with Crippen molar-refractivity contribution in [3.63, 3.8) is 0 Å². The lowest BCUT2D eigenvalue weighted by Crippen LogP contribution is -2.23. The van der Waals surface area contributed by atoms with Crippen LogP contribution in [0.15, 0.2) is 24.3 Å². The fourth-order valence-corrected chi connectivity index (χ4v) is 1.56. The lowest BCUT2D eigenvalue weighted by atomic mass is 10.1. The molecular weight excluding hydrogens is 205 g/mol. The second kappa shape index (κ2) is 6.61. The Morgan fingerprint density at radius 3 is 2.81 bits per heavy atom. The highest BCUT2D eigenvalue weighted by molar-refractivity contribution is 5.19. The van der Waals surface area contributed by atoms with Gasteiger partial charge in [-0.2, -0.15) is 0 Å². The minimum Gasteiger partial charge on any atom is -0.393 e. The van der Waals surface area contributed by atoms with Crippen molar-refractivity contribution in [2.75, 3.05) is 6.54 Å². The van der Waals surface area contributed by atoms with Crippen LogP contribution in [0.2, 0.25) is 0 Å². The molecule has 16 heavy (non-hydrogen) atoms. The van der Waals surface area contributed by atoms with Crippen molar-refractivity contribution in [3.05, 3.63) is 35.6 Å². The average molecular weight is 225 g/mol. The minimum absolute atomic E-state index is 0.111. The molecule has 2 N–H and O–H groups in total. The third kappa shape index (κ3) is 4.29. The average Bonchev–Trinajstić information content (AvgIpc) is 2.28. The molecule has 0 aliphatic carbocycles. The predicted octanol–water partition coefficient (Wildman–Crippen LogP) is 2.64. The molecule has 2 atom stereocenters. The van der Waals surface area contributed by atoms with Gasteiger partial charge in [-0.25, -0.2) is 4.39 Å². The molecule has 2 unspecified atom stereocenters. The first-order valence-corrected chi connectivity index (χ1v) is 5.80. The molecule has 2 nitrogen and oxygen atoms in total. The fraction of sp³-hybridized carbons (Fsp3) is 0.538. The molecule has 0 fully saturated rings. The topological polar surface area (TPSA) is 32.3 Å². The van der Waals surface area contributed by atoms with Crippen molar-refractivity contribution in [3.8, 4) is 0 Å². The predicted molar refractivity (Wildman–Crippen MR) is 63.7 cm³/mol. The third-order valence-electron chi connectivity index (χ3n) is 2.75. The van der Waals surface area contributed by atoms with Gasteiger partial charge in [0.25, 0.3) is 0 Å². The maximum absolute atomic E-state index is 13.0. The van der Waals surface area contributed by atoms with E-state index in [0.29, 0.717) is 0 Å². The molecule has 0 radical (unpaired) electrons. The third-order valence-corrected chi connectivity index (χ3v) is 2.75. The van der Waals surface area contributed by atoms with Crippen LogP contribution in [0.1, 0.15) is 38.3 Å². The van der Waals surface area contributed by atoms with Gasteiger partial charge in [0.15, 0.2) is 0 Å². The van der Waals surface area contributed by atoms with E-state index < -0.39 is 0 Å². The fourth-order valence-electron chi connectivity index (χ4n) is 1.56. The van der Waals surface area contributed by atoms with Crippen molar-refractivity contribution >= 4 is 0 Å². The summed E-state index contributed by atoms with van der Waals surface area (Å²) in [5.74, 6) is -0.209. The molecule has 3 heteroatoms. The molecule has 0 saturated heterocycles. The van der Waals surface area contributed by atoms with Gasteiger partial charge in [0.2, 0.25) is 0 Å². The Kier molecular flexibility index (Phi) is 5.43. The quantitative estimate of drug-likeness (QED) is 0.780. The van der Waals surface area contributed by atoms with Gasteiger partial charge >= 0.3 is 0 Å². The number of benzene rings is 1. The van der Waals surface area contributed by atoms with Crippen LogP contribution in [0.25, 0.3) is 0 Å². The van der Waals surface area contributed by atoms with Crippen molar-refractivity contribution in [1.29, 1.82) is 0 Å². The lowest BCUT2D eigenvalue weighted by Gasteiger charge is -2.15. The molecule has 0 amide bonds. The summed E-state index contributed by atoms with van der Waals surface area (Å²) in [5.41, 5.74) is 0.936. The number of hydrogen-bond acceptors (Lipinski definition) is 2. The van der Waals surface area contributed by atoms with Gasteiger partial charge in [-0.05, 0) is 44.0 Å². The lowest BCUT2D eigenvalue weighted by molar-refractivity contribution is 0.159. The second-order valence-corrected chi connectivity index (χ2v) is 4.08. The van der Waals surface area contributed by atoms with Crippen LogP contribution < -0.4 is 5.32 Å². The summed E-state index contributed by atoms with van der Waals surface area (Å²) in [5, 5.41) is 12.7. The zero-order valence-corrected chi connectivity index (χ0v) is 9.91. The number of nitrogens with one attached hydrogen (secondary N) is 1. The SMILES string of the molecule is CCC(O)CCNC(C)c1cccc(F)c1. The molecule has 0 aliphatic rings. The minimum atomic E-state index is -0.243.